The van der Waals surface area contributed by atoms with Gasteiger partial charge in [0.05, 0.1) is 6.26 Å². The highest BCUT2D eigenvalue weighted by atomic mass is 16.3. The van der Waals surface area contributed by atoms with E-state index in [2.05, 4.69) is 36.4 Å². The molecule has 7 nitrogen and oxygen atoms in total. The Bertz CT molecular complexity index is 1400. The molecule has 2 aromatic carbocycles. The summed E-state index contributed by atoms with van der Waals surface area (Å²) in [5.41, 5.74) is 3.53. The summed E-state index contributed by atoms with van der Waals surface area (Å²) in [5.74, 6) is 1.23. The quantitative estimate of drug-likeness (QED) is 0.463. The van der Waals surface area contributed by atoms with Gasteiger partial charge in [0.25, 0.3) is 5.91 Å². The number of carbonyl (C=O) groups excluding carboxylic acids is 2. The molecule has 3 amide bonds. The largest absolute Gasteiger partial charge is 0.464 e. The average Bonchev–Trinajstić information content (AvgIpc) is 3.78. The number of hydrogen-bond donors (Lipinski definition) is 0. The molecule has 1 aromatic heterocycles. The lowest BCUT2D eigenvalue weighted by atomic mass is 9.97. The summed E-state index contributed by atoms with van der Waals surface area (Å²) >= 11 is 0. The molecular weight excluding hydrogens is 476 g/mol. The summed E-state index contributed by atoms with van der Waals surface area (Å²) in [6.07, 6.45) is 8.61. The van der Waals surface area contributed by atoms with Crippen molar-refractivity contribution in [3.63, 3.8) is 0 Å². The summed E-state index contributed by atoms with van der Waals surface area (Å²) < 4.78 is 5.49. The minimum absolute atomic E-state index is 0.156. The third-order valence-corrected chi connectivity index (χ3v) is 8.95. The van der Waals surface area contributed by atoms with Gasteiger partial charge in [-0.25, -0.2) is 4.79 Å². The Hall–Kier alpha value is -3.61. The van der Waals surface area contributed by atoms with Crippen LogP contribution < -0.4 is 0 Å². The van der Waals surface area contributed by atoms with Gasteiger partial charge < -0.3 is 14.2 Å². The smallest absolute Gasteiger partial charge is 0.320 e. The zero-order valence-corrected chi connectivity index (χ0v) is 21.8. The van der Waals surface area contributed by atoms with E-state index < -0.39 is 5.54 Å². The number of amides is 3. The van der Waals surface area contributed by atoms with Gasteiger partial charge in [0.2, 0.25) is 0 Å². The van der Waals surface area contributed by atoms with E-state index >= 15 is 0 Å². The number of aliphatic imine (C=N–C) groups is 1. The van der Waals surface area contributed by atoms with Crippen LogP contribution in [0.2, 0.25) is 0 Å². The summed E-state index contributed by atoms with van der Waals surface area (Å²) in [6.45, 7) is 3.86. The van der Waals surface area contributed by atoms with Crippen molar-refractivity contribution in [2.24, 2.45) is 10.9 Å². The van der Waals surface area contributed by atoms with Gasteiger partial charge >= 0.3 is 6.03 Å². The van der Waals surface area contributed by atoms with Crippen molar-refractivity contribution in [1.29, 1.82) is 0 Å². The minimum Gasteiger partial charge on any atom is -0.464 e. The highest BCUT2D eigenvalue weighted by Crippen LogP contribution is 2.41. The van der Waals surface area contributed by atoms with Gasteiger partial charge in [-0.15, -0.1) is 0 Å². The standard InChI is InChI=1S/C31H34N4O3/c36-29-31(13-1-2-14-31)32-28(35(29)21-22-11-17-34(20-22)30(37)33-15-3-4-16-33)24-7-5-23(6-8-24)25-9-10-27-26(19-25)12-18-38-27/h5-10,12,18-19,22H,1-4,11,13-17,20-21H2/t22-/m1/s1. The molecule has 0 bridgehead atoms. The van der Waals surface area contributed by atoms with Crippen LogP contribution in [-0.2, 0) is 4.79 Å². The molecule has 7 rings (SSSR count). The zero-order valence-electron chi connectivity index (χ0n) is 21.8. The predicted octanol–water partition coefficient (Wildman–Crippen LogP) is 5.54. The number of hydrogen-bond acceptors (Lipinski definition) is 4. The van der Waals surface area contributed by atoms with Gasteiger partial charge in [-0.05, 0) is 67.3 Å². The van der Waals surface area contributed by atoms with Crippen molar-refractivity contribution in [3.8, 4) is 11.1 Å². The van der Waals surface area contributed by atoms with Crippen LogP contribution in [0, 0.1) is 5.92 Å². The molecule has 3 aliphatic heterocycles. The van der Waals surface area contributed by atoms with Crippen LogP contribution in [0.4, 0.5) is 4.79 Å². The predicted molar refractivity (Wildman–Crippen MR) is 147 cm³/mol. The highest BCUT2D eigenvalue weighted by Gasteiger charge is 2.50. The molecule has 1 atom stereocenters. The molecule has 1 spiro atoms. The van der Waals surface area contributed by atoms with E-state index in [0.29, 0.717) is 6.54 Å². The van der Waals surface area contributed by atoms with Crippen LogP contribution in [0.25, 0.3) is 22.1 Å². The number of benzene rings is 2. The van der Waals surface area contributed by atoms with Crippen molar-refractivity contribution in [2.45, 2.75) is 50.5 Å². The Balaban J connectivity index is 1.12. The van der Waals surface area contributed by atoms with Crippen LogP contribution >= 0.6 is 0 Å². The molecule has 4 aliphatic rings. The Morgan fingerprint density at radius 2 is 1.63 bits per heavy atom. The van der Waals surface area contributed by atoms with E-state index in [-0.39, 0.29) is 17.9 Å². The number of rotatable bonds is 4. The monoisotopic (exact) mass is 510 g/mol. The van der Waals surface area contributed by atoms with Crippen molar-refractivity contribution in [3.05, 3.63) is 60.4 Å². The van der Waals surface area contributed by atoms with E-state index in [4.69, 9.17) is 9.41 Å². The number of fused-ring (bicyclic) bond motifs is 1. The lowest BCUT2D eigenvalue weighted by Gasteiger charge is -2.26. The zero-order chi connectivity index (χ0) is 25.7. The Labute approximate surface area is 223 Å². The second-order valence-corrected chi connectivity index (χ2v) is 11.4. The fraction of sp³-hybridized carbons (Fsp3) is 0.452. The number of nitrogens with zero attached hydrogens (tertiary/aromatic N) is 4. The van der Waals surface area contributed by atoms with Crippen molar-refractivity contribution >= 4 is 28.7 Å². The first-order valence-corrected chi connectivity index (χ1v) is 14.1. The molecule has 0 N–H and O–H groups in total. The summed E-state index contributed by atoms with van der Waals surface area (Å²) in [6, 6.07) is 16.8. The lowest BCUT2D eigenvalue weighted by Crippen LogP contribution is -2.44. The van der Waals surface area contributed by atoms with E-state index in [1.54, 1.807) is 6.26 Å². The molecule has 196 valence electrons. The molecule has 2 saturated heterocycles. The number of furan rings is 1. The third-order valence-electron chi connectivity index (χ3n) is 8.95. The molecule has 0 radical (unpaired) electrons. The fourth-order valence-corrected chi connectivity index (χ4v) is 6.81. The maximum Gasteiger partial charge on any atom is 0.320 e. The van der Waals surface area contributed by atoms with Crippen LogP contribution in [0.15, 0.2) is 64.2 Å². The molecule has 7 heteroatoms. The van der Waals surface area contributed by atoms with Crippen molar-refractivity contribution < 1.29 is 14.0 Å². The summed E-state index contributed by atoms with van der Waals surface area (Å²) in [7, 11) is 0. The summed E-state index contributed by atoms with van der Waals surface area (Å²) in [5, 5.41) is 1.08. The van der Waals surface area contributed by atoms with E-state index in [1.165, 1.54) is 0 Å². The van der Waals surface area contributed by atoms with Gasteiger partial charge in [-0.3, -0.25) is 14.7 Å². The van der Waals surface area contributed by atoms with E-state index in [9.17, 15) is 9.59 Å². The van der Waals surface area contributed by atoms with Gasteiger partial charge in [-0.2, -0.15) is 0 Å². The van der Waals surface area contributed by atoms with Crippen LogP contribution in [-0.4, -0.2) is 70.7 Å². The lowest BCUT2D eigenvalue weighted by molar-refractivity contribution is -0.131. The van der Waals surface area contributed by atoms with Crippen LogP contribution in [0.1, 0.15) is 50.5 Å². The normalized spacial score (nSPS) is 22.8. The van der Waals surface area contributed by atoms with E-state index in [0.717, 1.165) is 105 Å². The molecular formula is C31H34N4O3. The second-order valence-electron chi connectivity index (χ2n) is 11.4. The number of likely N-dealkylation sites (tertiary alicyclic amines) is 2. The first-order chi connectivity index (χ1) is 18.6. The fourth-order valence-electron chi connectivity index (χ4n) is 6.81. The summed E-state index contributed by atoms with van der Waals surface area (Å²) in [4.78, 5) is 37.8. The molecule has 38 heavy (non-hydrogen) atoms. The number of carbonyl (C=O) groups is 2. The average molecular weight is 511 g/mol. The third kappa shape index (κ3) is 3.99. The van der Waals surface area contributed by atoms with Gasteiger partial charge in [-0.1, -0.05) is 43.2 Å². The van der Waals surface area contributed by atoms with Gasteiger partial charge in [0, 0.05) is 43.7 Å². The molecule has 4 heterocycles. The first kappa shape index (κ1) is 23.5. The van der Waals surface area contributed by atoms with E-state index in [1.807, 2.05) is 26.8 Å². The Morgan fingerprint density at radius 3 is 2.42 bits per heavy atom. The SMILES string of the molecule is O=C(N1CCCC1)N1CC[C@@H](CN2C(=O)C3(CCCC3)N=C2c2ccc(-c3ccc4occc4c3)cc2)C1. The second kappa shape index (κ2) is 9.29. The molecule has 1 aliphatic carbocycles. The number of urea groups is 1. The Morgan fingerprint density at radius 1 is 0.895 bits per heavy atom. The molecule has 0 unspecified atom stereocenters. The molecule has 1 saturated carbocycles. The van der Waals surface area contributed by atoms with Gasteiger partial charge in [0.1, 0.15) is 17.0 Å². The maximum atomic E-state index is 13.8. The molecule has 3 aromatic rings. The first-order valence-electron chi connectivity index (χ1n) is 14.1. The Kier molecular flexibility index (Phi) is 5.75. The minimum atomic E-state index is -0.593. The van der Waals surface area contributed by atoms with Crippen LogP contribution in [0.5, 0.6) is 0 Å². The topological polar surface area (TPSA) is 69.4 Å². The van der Waals surface area contributed by atoms with Crippen molar-refractivity contribution in [2.75, 3.05) is 32.7 Å². The maximum absolute atomic E-state index is 13.8. The van der Waals surface area contributed by atoms with Crippen LogP contribution in [0.3, 0.4) is 0 Å². The highest BCUT2D eigenvalue weighted by molar-refractivity contribution is 6.15. The van der Waals surface area contributed by atoms with Crippen molar-refractivity contribution in [1.82, 2.24) is 14.7 Å². The van der Waals surface area contributed by atoms with Gasteiger partial charge in [0.15, 0.2) is 0 Å². The molecule has 3 fully saturated rings. The number of amidine groups is 1.